The monoisotopic (exact) mass is 250 g/mol. The highest BCUT2D eigenvalue weighted by atomic mass is 79.9. The molecule has 0 N–H and O–H groups in total. The zero-order valence-corrected chi connectivity index (χ0v) is 7.25. The van der Waals surface area contributed by atoms with Gasteiger partial charge in [0, 0.05) is 0 Å². The minimum Gasteiger partial charge on any atom is -0.235 e. The minimum atomic E-state index is -1.07. The van der Waals surface area contributed by atoms with E-state index in [1.165, 1.54) is 0 Å². The van der Waals surface area contributed by atoms with E-state index < -0.39 is 10.2 Å². The lowest BCUT2D eigenvalue weighted by Gasteiger charge is -1.97. The van der Waals surface area contributed by atoms with Crippen molar-refractivity contribution < 1.29 is 8.78 Å². The van der Waals surface area contributed by atoms with Crippen LogP contribution >= 0.6 is 31.9 Å². The fourth-order valence-corrected chi connectivity index (χ4v) is 0.781. The second-order valence-corrected chi connectivity index (χ2v) is 3.35. The lowest BCUT2D eigenvalue weighted by atomic mass is 10.4. The molecular formula is C4H6Br2F2. The molecule has 0 nitrogen and oxygen atoms in total. The molecule has 8 heavy (non-hydrogen) atoms. The average Bonchev–Trinajstić information content (AvgIpc) is 1.61. The van der Waals surface area contributed by atoms with Crippen molar-refractivity contribution in [3.63, 3.8) is 0 Å². The molecule has 4 heteroatoms. The first-order valence-corrected chi connectivity index (χ1v) is 4.02. The molecule has 0 aromatic rings. The molecule has 0 saturated heterocycles. The number of rotatable bonds is 3. The molecule has 0 rings (SSSR count). The maximum atomic E-state index is 11.8. The molecule has 0 spiro atoms. The molecule has 0 fully saturated rings. The van der Waals surface area contributed by atoms with Crippen molar-refractivity contribution in [3.05, 3.63) is 0 Å². The molecule has 0 radical (unpaired) electrons. The van der Waals surface area contributed by atoms with Gasteiger partial charge in [-0.25, -0.2) is 8.78 Å². The highest BCUT2D eigenvalue weighted by molar-refractivity contribution is 9.09. The zero-order valence-electron chi connectivity index (χ0n) is 4.08. The molecule has 0 amide bonds. The van der Waals surface area contributed by atoms with E-state index in [-0.39, 0.29) is 12.8 Å². The maximum absolute atomic E-state index is 11.8. The van der Waals surface area contributed by atoms with Crippen LogP contribution in [-0.4, -0.2) is 10.2 Å². The van der Waals surface area contributed by atoms with Gasteiger partial charge in [-0.3, -0.25) is 0 Å². The smallest absolute Gasteiger partial charge is 0.155 e. The van der Waals surface area contributed by atoms with Crippen LogP contribution in [0.1, 0.15) is 12.8 Å². The summed E-state index contributed by atoms with van der Waals surface area (Å²) in [5.74, 6) is 0. The molecule has 0 aromatic heterocycles. The third kappa shape index (κ3) is 6.82. The Labute approximate surface area is 63.9 Å². The standard InChI is InChI=1S/C4H6Br2F2/c5-3(7)1-2-4(6)8/h3-4H,1-2H2. The third-order valence-electron chi connectivity index (χ3n) is 0.603. The molecule has 50 valence electrons. The SMILES string of the molecule is FC(Br)CCC(F)Br. The van der Waals surface area contributed by atoms with Gasteiger partial charge in [0.15, 0.2) is 10.2 Å². The lowest BCUT2D eigenvalue weighted by Crippen LogP contribution is -1.93. The predicted octanol–water partition coefficient (Wildman–Crippen LogP) is 3.15. The van der Waals surface area contributed by atoms with Gasteiger partial charge in [0.2, 0.25) is 0 Å². The zero-order chi connectivity index (χ0) is 6.57. The fourth-order valence-electron chi connectivity index (χ4n) is 0.252. The van der Waals surface area contributed by atoms with E-state index in [9.17, 15) is 8.78 Å². The Morgan fingerprint density at radius 3 is 1.38 bits per heavy atom. The molecule has 0 aromatic carbocycles. The van der Waals surface area contributed by atoms with Gasteiger partial charge in [-0.15, -0.1) is 0 Å². The van der Waals surface area contributed by atoms with Crippen molar-refractivity contribution in [1.29, 1.82) is 0 Å². The second kappa shape index (κ2) is 4.68. The van der Waals surface area contributed by atoms with E-state index in [0.29, 0.717) is 0 Å². The van der Waals surface area contributed by atoms with Crippen LogP contribution in [0.15, 0.2) is 0 Å². The first-order chi connectivity index (χ1) is 3.63. The van der Waals surface area contributed by atoms with Crippen LogP contribution < -0.4 is 0 Å². The van der Waals surface area contributed by atoms with E-state index in [1.54, 1.807) is 0 Å². The van der Waals surface area contributed by atoms with Crippen LogP contribution in [0.2, 0.25) is 0 Å². The molecule has 0 saturated carbocycles. The van der Waals surface area contributed by atoms with Crippen LogP contribution in [0.4, 0.5) is 8.78 Å². The highest BCUT2D eigenvalue weighted by Crippen LogP contribution is 2.15. The normalized spacial score (nSPS) is 18.0. The van der Waals surface area contributed by atoms with Crippen molar-refractivity contribution in [2.24, 2.45) is 0 Å². The van der Waals surface area contributed by atoms with Gasteiger partial charge in [-0.1, -0.05) is 31.9 Å². The molecule has 0 aliphatic rings. The third-order valence-corrected chi connectivity index (χ3v) is 1.52. The van der Waals surface area contributed by atoms with Crippen LogP contribution in [-0.2, 0) is 0 Å². The van der Waals surface area contributed by atoms with E-state index in [2.05, 4.69) is 31.9 Å². The summed E-state index contributed by atoms with van der Waals surface area (Å²) in [6.07, 6.45) is 0.429. The molecule has 0 bridgehead atoms. The summed E-state index contributed by atoms with van der Waals surface area (Å²) in [5.41, 5.74) is 0. The number of alkyl halides is 4. The number of hydrogen-bond acceptors (Lipinski definition) is 0. The summed E-state index contributed by atoms with van der Waals surface area (Å²) in [6.45, 7) is 0. The average molecular weight is 252 g/mol. The summed E-state index contributed by atoms with van der Waals surface area (Å²) >= 11 is 5.30. The minimum absolute atomic E-state index is 0.215. The maximum Gasteiger partial charge on any atom is 0.155 e. The van der Waals surface area contributed by atoms with E-state index in [1.807, 2.05) is 0 Å². The van der Waals surface area contributed by atoms with E-state index in [4.69, 9.17) is 0 Å². The summed E-state index contributed by atoms with van der Waals surface area (Å²) < 4.78 is 23.6. The van der Waals surface area contributed by atoms with Gasteiger partial charge in [-0.2, -0.15) is 0 Å². The topological polar surface area (TPSA) is 0 Å². The van der Waals surface area contributed by atoms with Crippen LogP contribution in [0.25, 0.3) is 0 Å². The molecule has 2 unspecified atom stereocenters. The summed E-state index contributed by atoms with van der Waals surface area (Å²) in [5, 5.41) is -2.14. The van der Waals surface area contributed by atoms with Crippen molar-refractivity contribution in [2.45, 2.75) is 23.0 Å². The Bertz CT molecular complexity index is 48.0. The Hall–Kier alpha value is 0.820. The Balaban J connectivity index is 2.93. The molecule has 0 aliphatic carbocycles. The van der Waals surface area contributed by atoms with E-state index in [0.717, 1.165) is 0 Å². The van der Waals surface area contributed by atoms with Gasteiger partial charge in [0.25, 0.3) is 0 Å². The van der Waals surface area contributed by atoms with Crippen molar-refractivity contribution >= 4 is 31.9 Å². The van der Waals surface area contributed by atoms with Gasteiger partial charge < -0.3 is 0 Å². The summed E-state index contributed by atoms with van der Waals surface area (Å²) in [6, 6.07) is 0. The first kappa shape index (κ1) is 8.82. The van der Waals surface area contributed by atoms with Crippen LogP contribution in [0.3, 0.4) is 0 Å². The number of hydrogen-bond donors (Lipinski definition) is 0. The predicted molar refractivity (Wildman–Crippen MR) is 36.9 cm³/mol. The van der Waals surface area contributed by atoms with Gasteiger partial charge >= 0.3 is 0 Å². The summed E-state index contributed by atoms with van der Waals surface area (Å²) in [4.78, 5) is 0. The molecule has 0 heterocycles. The van der Waals surface area contributed by atoms with Gasteiger partial charge in [0.05, 0.1) is 0 Å². The molecular weight excluding hydrogens is 246 g/mol. The van der Waals surface area contributed by atoms with Crippen LogP contribution in [0, 0.1) is 0 Å². The fraction of sp³-hybridized carbons (Fsp3) is 1.00. The van der Waals surface area contributed by atoms with Crippen molar-refractivity contribution in [3.8, 4) is 0 Å². The van der Waals surface area contributed by atoms with Gasteiger partial charge in [0.1, 0.15) is 0 Å². The first-order valence-electron chi connectivity index (χ1n) is 2.19. The largest absolute Gasteiger partial charge is 0.235 e. The molecule has 0 aliphatic heterocycles. The van der Waals surface area contributed by atoms with Gasteiger partial charge in [-0.05, 0) is 12.8 Å². The highest BCUT2D eigenvalue weighted by Gasteiger charge is 2.04. The van der Waals surface area contributed by atoms with E-state index >= 15 is 0 Å². The Morgan fingerprint density at radius 2 is 1.25 bits per heavy atom. The number of halogens is 4. The van der Waals surface area contributed by atoms with Crippen LogP contribution in [0.5, 0.6) is 0 Å². The summed E-state index contributed by atoms with van der Waals surface area (Å²) in [7, 11) is 0. The quantitative estimate of drug-likeness (QED) is 0.676. The lowest BCUT2D eigenvalue weighted by molar-refractivity contribution is 0.372. The van der Waals surface area contributed by atoms with Crippen molar-refractivity contribution in [1.82, 2.24) is 0 Å². The van der Waals surface area contributed by atoms with Crippen molar-refractivity contribution in [2.75, 3.05) is 0 Å². The Kier molecular flexibility index (Phi) is 5.15. The Morgan fingerprint density at radius 1 is 1.00 bits per heavy atom. The second-order valence-electron chi connectivity index (χ2n) is 1.36. The molecule has 2 atom stereocenters.